The van der Waals surface area contributed by atoms with E-state index in [4.69, 9.17) is 16.3 Å². The Hall–Kier alpha value is -0.630. The Morgan fingerprint density at radius 3 is 3.00 bits per heavy atom. The van der Waals surface area contributed by atoms with E-state index in [1.807, 2.05) is 41.2 Å². The summed E-state index contributed by atoms with van der Waals surface area (Å²) in [6, 6.07) is 1.93. The maximum Gasteiger partial charge on any atom is 0.348 e. The van der Waals surface area contributed by atoms with E-state index in [1.165, 1.54) is 4.88 Å². The Balaban J connectivity index is 1.90. The maximum absolute atomic E-state index is 12.2. The molecule has 4 nitrogen and oxygen atoms in total. The molecular formula is C15H15ClN2O2S3. The molecule has 0 amide bonds. The van der Waals surface area contributed by atoms with Gasteiger partial charge in [0.15, 0.2) is 0 Å². The molecule has 0 aliphatic carbocycles. The number of carbonyl (C=O) groups excluding carboxylic acids is 1. The predicted octanol–water partition coefficient (Wildman–Crippen LogP) is 4.48. The van der Waals surface area contributed by atoms with Crippen LogP contribution in [0.4, 0.5) is 0 Å². The Bertz CT molecular complexity index is 765. The average molecular weight is 387 g/mol. The molecule has 1 fully saturated rings. The van der Waals surface area contributed by atoms with Crippen molar-refractivity contribution in [3.8, 4) is 11.3 Å². The lowest BCUT2D eigenvalue weighted by Gasteiger charge is -2.25. The van der Waals surface area contributed by atoms with E-state index in [0.29, 0.717) is 16.5 Å². The second-order valence-corrected chi connectivity index (χ2v) is 9.84. The topological polar surface area (TPSA) is 44.1 Å². The first-order valence-electron chi connectivity index (χ1n) is 7.45. The maximum atomic E-state index is 12.2. The molecule has 4 heterocycles. The van der Waals surface area contributed by atoms with Gasteiger partial charge < -0.3 is 4.74 Å². The van der Waals surface area contributed by atoms with Crippen LogP contribution in [0, 0.1) is 0 Å². The average Bonchev–Trinajstić information content (AvgIpc) is 3.22. The van der Waals surface area contributed by atoms with E-state index < -0.39 is 0 Å². The molecule has 23 heavy (non-hydrogen) atoms. The van der Waals surface area contributed by atoms with Crippen LogP contribution in [0.3, 0.4) is 0 Å². The molecule has 0 bridgehead atoms. The quantitative estimate of drug-likeness (QED) is 0.712. The molecule has 0 aromatic carbocycles. The summed E-state index contributed by atoms with van der Waals surface area (Å²) in [5.74, 6) is 2.01. The molecule has 1 saturated heterocycles. The summed E-state index contributed by atoms with van der Waals surface area (Å²) in [7, 11) is 0. The summed E-state index contributed by atoms with van der Waals surface area (Å²) in [5.41, 5.74) is 1.97. The van der Waals surface area contributed by atoms with Crippen molar-refractivity contribution in [1.82, 2.24) is 9.78 Å². The van der Waals surface area contributed by atoms with Crippen molar-refractivity contribution >= 4 is 52.4 Å². The van der Waals surface area contributed by atoms with Crippen LogP contribution in [-0.4, -0.2) is 33.9 Å². The molecule has 0 unspecified atom stereocenters. The largest absolute Gasteiger partial charge is 0.462 e. The fraction of sp³-hybridized carbons (Fsp3) is 0.467. The third-order valence-electron chi connectivity index (χ3n) is 4.01. The highest BCUT2D eigenvalue weighted by Gasteiger charge is 2.43. The number of thioether (sulfide) groups is 2. The van der Waals surface area contributed by atoms with E-state index in [2.05, 4.69) is 5.10 Å². The summed E-state index contributed by atoms with van der Waals surface area (Å²) in [5, 5.41) is 5.06. The monoisotopic (exact) mass is 386 g/mol. The lowest BCUT2D eigenvalue weighted by molar-refractivity contribution is 0.0532. The number of esters is 1. The number of aryl methyl sites for hydroxylation is 1. The van der Waals surface area contributed by atoms with Crippen molar-refractivity contribution in [3.63, 3.8) is 0 Å². The van der Waals surface area contributed by atoms with Crippen molar-refractivity contribution in [3.05, 3.63) is 27.0 Å². The third-order valence-corrected chi connectivity index (χ3v) is 9.35. The van der Waals surface area contributed by atoms with Gasteiger partial charge in [-0.15, -0.1) is 34.9 Å². The number of fused-ring (bicyclic) bond motifs is 4. The molecule has 0 saturated carbocycles. The zero-order valence-corrected chi connectivity index (χ0v) is 15.7. The first kappa shape index (κ1) is 15.9. The van der Waals surface area contributed by atoms with Gasteiger partial charge in [-0.25, -0.2) is 4.79 Å². The van der Waals surface area contributed by atoms with E-state index in [-0.39, 0.29) is 10.0 Å². The van der Waals surface area contributed by atoms with Crippen LogP contribution < -0.4 is 0 Å². The van der Waals surface area contributed by atoms with E-state index in [1.54, 1.807) is 17.5 Å². The van der Waals surface area contributed by atoms with Crippen LogP contribution in [0.15, 0.2) is 12.3 Å². The summed E-state index contributed by atoms with van der Waals surface area (Å²) in [4.78, 5) is 14.1. The van der Waals surface area contributed by atoms with E-state index in [9.17, 15) is 4.79 Å². The van der Waals surface area contributed by atoms with Crippen molar-refractivity contribution in [2.45, 2.75) is 24.0 Å². The number of hydrogen-bond donors (Lipinski definition) is 0. The van der Waals surface area contributed by atoms with Crippen molar-refractivity contribution in [1.29, 1.82) is 0 Å². The molecule has 2 aliphatic heterocycles. The van der Waals surface area contributed by atoms with Crippen LogP contribution in [0.1, 0.15) is 27.9 Å². The van der Waals surface area contributed by atoms with Crippen molar-refractivity contribution < 1.29 is 9.53 Å². The van der Waals surface area contributed by atoms with E-state index >= 15 is 0 Å². The van der Waals surface area contributed by atoms with Gasteiger partial charge in [-0.2, -0.15) is 5.10 Å². The lowest BCUT2D eigenvalue weighted by Crippen LogP contribution is -2.14. The number of thiophene rings is 1. The van der Waals surface area contributed by atoms with Gasteiger partial charge in [-0.3, -0.25) is 4.68 Å². The minimum atomic E-state index is -0.254. The molecule has 0 radical (unpaired) electrons. The Kier molecular flexibility index (Phi) is 4.16. The standard InChI is InChI=1S/C15H15ClN2O2S3/c1-2-20-14(19)11-7-9-12-10(16)8-17-18(12)4-3-15(13(9)23-11)21-5-6-22-15/h7-8H,2-6H2,1H3. The van der Waals surface area contributed by atoms with Gasteiger partial charge in [0, 0.05) is 28.5 Å². The Morgan fingerprint density at radius 1 is 1.48 bits per heavy atom. The predicted molar refractivity (Wildman–Crippen MR) is 97.7 cm³/mol. The van der Waals surface area contributed by atoms with Crippen LogP contribution >= 0.6 is 46.5 Å². The number of halogens is 1. The molecule has 0 N–H and O–H groups in total. The molecule has 122 valence electrons. The van der Waals surface area contributed by atoms with Crippen LogP contribution in [-0.2, 0) is 15.4 Å². The van der Waals surface area contributed by atoms with Crippen LogP contribution in [0.5, 0.6) is 0 Å². The lowest BCUT2D eigenvalue weighted by atomic mass is 10.1. The van der Waals surface area contributed by atoms with Crippen LogP contribution in [0.25, 0.3) is 11.3 Å². The summed E-state index contributed by atoms with van der Waals surface area (Å²) < 4.78 is 7.17. The van der Waals surface area contributed by atoms with Gasteiger partial charge in [-0.1, -0.05) is 11.6 Å². The Morgan fingerprint density at radius 2 is 2.26 bits per heavy atom. The number of aromatic nitrogens is 2. The number of carbonyl (C=O) groups is 1. The summed E-state index contributed by atoms with van der Waals surface area (Å²) in [6.07, 6.45) is 2.68. The molecule has 2 aromatic heterocycles. The van der Waals surface area contributed by atoms with Crippen molar-refractivity contribution in [2.75, 3.05) is 18.1 Å². The first-order chi connectivity index (χ1) is 11.1. The molecule has 2 aliphatic rings. The highest BCUT2D eigenvalue weighted by atomic mass is 35.5. The number of nitrogens with zero attached hydrogens (tertiary/aromatic N) is 2. The molecule has 0 atom stereocenters. The highest BCUT2D eigenvalue weighted by Crippen LogP contribution is 2.60. The van der Waals surface area contributed by atoms with E-state index in [0.717, 1.165) is 35.7 Å². The van der Waals surface area contributed by atoms with Gasteiger partial charge in [0.2, 0.25) is 0 Å². The zero-order chi connectivity index (χ0) is 16.0. The number of rotatable bonds is 2. The molecule has 2 aromatic rings. The fourth-order valence-corrected chi connectivity index (χ4v) is 8.07. The smallest absolute Gasteiger partial charge is 0.348 e. The first-order valence-corrected chi connectivity index (χ1v) is 10.6. The zero-order valence-electron chi connectivity index (χ0n) is 12.5. The summed E-state index contributed by atoms with van der Waals surface area (Å²) >= 11 is 11.9. The van der Waals surface area contributed by atoms with Crippen LogP contribution in [0.2, 0.25) is 5.02 Å². The highest BCUT2D eigenvalue weighted by molar-refractivity contribution is 8.20. The normalized spacial score (nSPS) is 18.5. The second kappa shape index (κ2) is 6.02. The molecular weight excluding hydrogens is 372 g/mol. The van der Waals surface area contributed by atoms with Gasteiger partial charge in [0.05, 0.1) is 27.6 Å². The van der Waals surface area contributed by atoms with Gasteiger partial charge in [0.25, 0.3) is 0 Å². The van der Waals surface area contributed by atoms with Crippen molar-refractivity contribution in [2.24, 2.45) is 0 Å². The van der Waals surface area contributed by atoms with Gasteiger partial charge in [0.1, 0.15) is 4.88 Å². The minimum Gasteiger partial charge on any atom is -0.462 e. The fourth-order valence-electron chi connectivity index (χ4n) is 3.05. The second-order valence-electron chi connectivity index (χ2n) is 5.34. The minimum absolute atomic E-state index is 0.00870. The molecule has 1 spiro atoms. The SMILES string of the molecule is CCOC(=O)c1cc2c(s1)C1(CCn3ncc(Cl)c3-2)SCCS1. The Labute approximate surface area is 151 Å². The van der Waals surface area contributed by atoms with Gasteiger partial charge >= 0.3 is 5.97 Å². The summed E-state index contributed by atoms with van der Waals surface area (Å²) in [6.45, 7) is 3.06. The third kappa shape index (κ3) is 2.52. The number of hydrogen-bond acceptors (Lipinski definition) is 6. The number of ether oxygens (including phenoxy) is 1. The molecule has 4 rings (SSSR count). The molecule has 8 heteroatoms. The van der Waals surface area contributed by atoms with Gasteiger partial charge in [-0.05, 0) is 19.4 Å².